The molecule has 1 aromatic rings. The Morgan fingerprint density at radius 3 is 2.89 bits per heavy atom. The fourth-order valence-electron chi connectivity index (χ4n) is 3.41. The number of halogens is 1. The van der Waals surface area contributed by atoms with Crippen molar-refractivity contribution < 1.29 is 9.84 Å². The Bertz CT molecular complexity index is 468. The number of aliphatic hydroxyl groups is 1. The van der Waals surface area contributed by atoms with E-state index in [-0.39, 0.29) is 11.7 Å². The standard InChI is InChI=1S/C16H21BrO2/c1-11-4-2-5-13(14(11)17)15(18)12-6-9-19-16(10-12)7-3-8-16/h2,4-5,12,15,18H,3,6-10H2,1H3. The highest BCUT2D eigenvalue weighted by Gasteiger charge is 2.44. The minimum absolute atomic E-state index is 0.0974. The first-order valence-electron chi connectivity index (χ1n) is 7.18. The first kappa shape index (κ1) is 13.6. The Hall–Kier alpha value is -0.380. The number of ether oxygens (including phenoxy) is 1. The molecule has 2 nitrogen and oxygen atoms in total. The quantitative estimate of drug-likeness (QED) is 0.885. The molecule has 1 heterocycles. The van der Waals surface area contributed by atoms with Crippen molar-refractivity contribution >= 4 is 15.9 Å². The summed E-state index contributed by atoms with van der Waals surface area (Å²) >= 11 is 3.62. The number of hydrogen-bond acceptors (Lipinski definition) is 2. The molecule has 1 aliphatic carbocycles. The van der Waals surface area contributed by atoms with E-state index < -0.39 is 0 Å². The monoisotopic (exact) mass is 324 g/mol. The molecule has 3 heteroatoms. The van der Waals surface area contributed by atoms with Crippen LogP contribution in [0.25, 0.3) is 0 Å². The predicted molar refractivity (Wildman–Crippen MR) is 79.1 cm³/mol. The smallest absolute Gasteiger partial charge is 0.0831 e. The fourth-order valence-corrected chi connectivity index (χ4v) is 3.91. The molecule has 0 aromatic heterocycles. The summed E-state index contributed by atoms with van der Waals surface area (Å²) < 4.78 is 7.00. The van der Waals surface area contributed by atoms with E-state index >= 15 is 0 Å². The van der Waals surface area contributed by atoms with Gasteiger partial charge in [-0.15, -0.1) is 0 Å². The van der Waals surface area contributed by atoms with Crippen molar-refractivity contribution in [3.8, 4) is 0 Å². The number of hydrogen-bond donors (Lipinski definition) is 1. The van der Waals surface area contributed by atoms with E-state index in [1.165, 1.54) is 24.8 Å². The molecule has 2 unspecified atom stereocenters. The third-order valence-electron chi connectivity index (χ3n) is 4.78. The van der Waals surface area contributed by atoms with E-state index in [1.54, 1.807) is 0 Å². The van der Waals surface area contributed by atoms with Crippen molar-refractivity contribution in [2.24, 2.45) is 5.92 Å². The summed E-state index contributed by atoms with van der Waals surface area (Å²) in [6.45, 7) is 2.86. The number of aliphatic hydroxyl groups excluding tert-OH is 1. The minimum atomic E-state index is -0.379. The largest absolute Gasteiger partial charge is 0.388 e. The summed E-state index contributed by atoms with van der Waals surface area (Å²) in [7, 11) is 0. The van der Waals surface area contributed by atoms with Gasteiger partial charge in [0.1, 0.15) is 0 Å². The maximum Gasteiger partial charge on any atom is 0.0831 e. The molecule has 2 fully saturated rings. The van der Waals surface area contributed by atoms with Gasteiger partial charge in [-0.3, -0.25) is 0 Å². The number of aryl methyl sites for hydroxylation is 1. The van der Waals surface area contributed by atoms with Crippen molar-refractivity contribution in [2.45, 2.75) is 50.7 Å². The molecule has 1 saturated heterocycles. The molecule has 0 amide bonds. The Morgan fingerprint density at radius 1 is 1.42 bits per heavy atom. The second-order valence-corrected chi connectivity index (χ2v) is 6.85. The molecule has 1 aromatic carbocycles. The SMILES string of the molecule is Cc1cccc(C(O)C2CCOC3(CCC3)C2)c1Br. The topological polar surface area (TPSA) is 29.5 Å². The van der Waals surface area contributed by atoms with Gasteiger partial charge in [-0.05, 0) is 56.1 Å². The van der Waals surface area contributed by atoms with Crippen LogP contribution in [0, 0.1) is 12.8 Å². The Morgan fingerprint density at radius 2 is 2.21 bits per heavy atom. The Kier molecular flexibility index (Phi) is 3.71. The lowest BCUT2D eigenvalue weighted by Gasteiger charge is -2.48. The second kappa shape index (κ2) is 5.19. The van der Waals surface area contributed by atoms with Crippen LogP contribution >= 0.6 is 15.9 Å². The molecule has 1 N–H and O–H groups in total. The van der Waals surface area contributed by atoms with Gasteiger partial charge >= 0.3 is 0 Å². The average molecular weight is 325 g/mol. The zero-order valence-electron chi connectivity index (χ0n) is 11.4. The highest BCUT2D eigenvalue weighted by molar-refractivity contribution is 9.10. The van der Waals surface area contributed by atoms with Crippen molar-refractivity contribution in [2.75, 3.05) is 6.61 Å². The normalized spacial score (nSPS) is 27.0. The summed E-state index contributed by atoms with van der Waals surface area (Å²) in [4.78, 5) is 0. The summed E-state index contributed by atoms with van der Waals surface area (Å²) in [5.74, 6) is 0.326. The Labute approximate surface area is 123 Å². The minimum Gasteiger partial charge on any atom is -0.388 e. The van der Waals surface area contributed by atoms with Crippen molar-refractivity contribution in [1.29, 1.82) is 0 Å². The van der Waals surface area contributed by atoms with E-state index in [9.17, 15) is 5.11 Å². The molecule has 1 spiro atoms. The van der Waals surface area contributed by atoms with Crippen LogP contribution < -0.4 is 0 Å². The van der Waals surface area contributed by atoms with Crippen molar-refractivity contribution in [1.82, 2.24) is 0 Å². The number of benzene rings is 1. The molecular weight excluding hydrogens is 304 g/mol. The summed E-state index contributed by atoms with van der Waals surface area (Å²) in [6.07, 6.45) is 5.21. The van der Waals surface area contributed by atoms with E-state index in [1.807, 2.05) is 12.1 Å². The van der Waals surface area contributed by atoms with Gasteiger partial charge in [0.2, 0.25) is 0 Å². The molecule has 2 aliphatic rings. The van der Waals surface area contributed by atoms with E-state index in [2.05, 4.69) is 28.9 Å². The molecule has 19 heavy (non-hydrogen) atoms. The van der Waals surface area contributed by atoms with Gasteiger partial charge in [-0.25, -0.2) is 0 Å². The highest BCUT2D eigenvalue weighted by atomic mass is 79.9. The van der Waals surface area contributed by atoms with Crippen molar-refractivity contribution in [3.63, 3.8) is 0 Å². The second-order valence-electron chi connectivity index (χ2n) is 6.06. The first-order valence-corrected chi connectivity index (χ1v) is 7.98. The lowest BCUT2D eigenvalue weighted by atomic mass is 9.70. The molecule has 2 atom stereocenters. The third kappa shape index (κ3) is 2.48. The van der Waals surface area contributed by atoms with Gasteiger partial charge in [0.25, 0.3) is 0 Å². The zero-order chi connectivity index (χ0) is 13.5. The van der Waals surface area contributed by atoms with Crippen molar-refractivity contribution in [3.05, 3.63) is 33.8 Å². The molecule has 104 valence electrons. The van der Waals surface area contributed by atoms with Crippen LogP contribution in [0.15, 0.2) is 22.7 Å². The number of rotatable bonds is 2. The van der Waals surface area contributed by atoms with Gasteiger partial charge in [0.05, 0.1) is 11.7 Å². The predicted octanol–water partition coefficient (Wildman–Crippen LogP) is 4.14. The van der Waals surface area contributed by atoms with Gasteiger partial charge in [0, 0.05) is 11.1 Å². The average Bonchev–Trinajstić information content (AvgIpc) is 2.39. The van der Waals surface area contributed by atoms with Gasteiger partial charge in [-0.2, -0.15) is 0 Å². The van der Waals surface area contributed by atoms with E-state index in [4.69, 9.17) is 4.74 Å². The maximum absolute atomic E-state index is 10.7. The van der Waals surface area contributed by atoms with E-state index in [0.29, 0.717) is 5.92 Å². The van der Waals surface area contributed by atoms with Gasteiger partial charge < -0.3 is 9.84 Å². The lowest BCUT2D eigenvalue weighted by molar-refractivity contribution is -0.157. The van der Waals surface area contributed by atoms with Crippen LogP contribution in [0.2, 0.25) is 0 Å². The first-order chi connectivity index (χ1) is 9.11. The van der Waals surface area contributed by atoms with E-state index in [0.717, 1.165) is 29.5 Å². The summed E-state index contributed by atoms with van der Waals surface area (Å²) in [5, 5.41) is 10.7. The van der Waals surface area contributed by atoms with Crippen LogP contribution in [-0.2, 0) is 4.74 Å². The molecule has 3 rings (SSSR count). The lowest BCUT2D eigenvalue weighted by Crippen LogP contribution is -2.46. The molecule has 0 bridgehead atoms. The molecular formula is C16H21BrO2. The van der Waals surface area contributed by atoms with Gasteiger partial charge in [0.15, 0.2) is 0 Å². The third-order valence-corrected chi connectivity index (χ3v) is 5.87. The zero-order valence-corrected chi connectivity index (χ0v) is 12.9. The van der Waals surface area contributed by atoms with Crippen LogP contribution in [-0.4, -0.2) is 17.3 Å². The summed E-state index contributed by atoms with van der Waals surface area (Å²) in [6, 6.07) is 6.12. The Balaban J connectivity index is 1.79. The molecule has 1 aliphatic heterocycles. The highest BCUT2D eigenvalue weighted by Crippen LogP contribution is 2.47. The summed E-state index contributed by atoms with van der Waals surface area (Å²) in [5.41, 5.74) is 2.31. The van der Waals surface area contributed by atoms with Gasteiger partial charge in [-0.1, -0.05) is 34.1 Å². The van der Waals surface area contributed by atoms with Crippen LogP contribution in [0.4, 0.5) is 0 Å². The molecule has 0 radical (unpaired) electrons. The fraction of sp³-hybridized carbons (Fsp3) is 0.625. The van der Waals surface area contributed by atoms with Crippen LogP contribution in [0.5, 0.6) is 0 Å². The van der Waals surface area contributed by atoms with Crippen LogP contribution in [0.3, 0.4) is 0 Å². The molecule has 1 saturated carbocycles. The van der Waals surface area contributed by atoms with Crippen LogP contribution in [0.1, 0.15) is 49.3 Å². The maximum atomic E-state index is 10.7.